The molecule has 0 bridgehead atoms. The molecule has 1 nitrogen and oxygen atoms in total. The van der Waals surface area contributed by atoms with Crippen molar-refractivity contribution in [2.24, 2.45) is 0 Å². The first-order chi connectivity index (χ1) is 8.81. The molecule has 1 N–H and O–H groups in total. The third-order valence-electron chi connectivity index (χ3n) is 3.85. The first kappa shape index (κ1) is 14.0. The predicted molar refractivity (Wildman–Crippen MR) is 80.4 cm³/mol. The van der Waals surface area contributed by atoms with Crippen LogP contribution in [-0.2, 0) is 6.42 Å². The summed E-state index contributed by atoms with van der Waals surface area (Å²) in [6.07, 6.45) is 5.50. The van der Waals surface area contributed by atoms with Gasteiger partial charge in [-0.2, -0.15) is 11.8 Å². The molecule has 1 aromatic rings. The molecule has 0 aliphatic heterocycles. The van der Waals surface area contributed by atoms with E-state index in [1.54, 1.807) is 0 Å². The molecule has 2 unspecified atom stereocenters. The minimum absolute atomic E-state index is 0.125. The summed E-state index contributed by atoms with van der Waals surface area (Å²) in [7, 11) is 0. The fourth-order valence-corrected chi connectivity index (χ4v) is 3.64. The lowest BCUT2D eigenvalue weighted by atomic mass is 9.80. The van der Waals surface area contributed by atoms with E-state index < -0.39 is 0 Å². The predicted octanol–water partition coefficient (Wildman–Crippen LogP) is 4.00. The van der Waals surface area contributed by atoms with Gasteiger partial charge in [-0.1, -0.05) is 31.2 Å². The van der Waals surface area contributed by atoms with E-state index in [-0.39, 0.29) is 6.10 Å². The second kappa shape index (κ2) is 7.20. The van der Waals surface area contributed by atoms with Crippen molar-refractivity contribution < 1.29 is 5.11 Å². The van der Waals surface area contributed by atoms with Crippen molar-refractivity contribution in [1.82, 2.24) is 0 Å². The quantitative estimate of drug-likeness (QED) is 0.784. The van der Waals surface area contributed by atoms with Gasteiger partial charge in [0, 0.05) is 0 Å². The molecule has 0 fully saturated rings. The Morgan fingerprint density at radius 2 is 2.22 bits per heavy atom. The van der Waals surface area contributed by atoms with Crippen molar-refractivity contribution in [1.29, 1.82) is 0 Å². The molecule has 0 amide bonds. The van der Waals surface area contributed by atoms with Gasteiger partial charge in [-0.15, -0.1) is 0 Å². The largest absolute Gasteiger partial charge is 0.393 e. The fraction of sp³-hybridized carbons (Fsp3) is 0.625. The van der Waals surface area contributed by atoms with Crippen LogP contribution in [0.2, 0.25) is 0 Å². The zero-order chi connectivity index (χ0) is 12.8. The minimum Gasteiger partial charge on any atom is -0.393 e. The van der Waals surface area contributed by atoms with Crippen LogP contribution in [0.15, 0.2) is 24.3 Å². The topological polar surface area (TPSA) is 20.2 Å². The summed E-state index contributed by atoms with van der Waals surface area (Å²) in [5.41, 5.74) is 3.00. The maximum atomic E-state index is 10.1. The fourth-order valence-electron chi connectivity index (χ4n) is 2.91. The third kappa shape index (κ3) is 3.76. The number of benzene rings is 1. The highest BCUT2D eigenvalue weighted by atomic mass is 32.2. The molecule has 2 heteroatoms. The van der Waals surface area contributed by atoms with E-state index in [2.05, 4.69) is 31.2 Å². The SMILES string of the molecule is CCSCCC(O)CC1CCCc2ccccc21. The van der Waals surface area contributed by atoms with E-state index in [4.69, 9.17) is 0 Å². The van der Waals surface area contributed by atoms with Gasteiger partial charge in [-0.3, -0.25) is 0 Å². The van der Waals surface area contributed by atoms with E-state index >= 15 is 0 Å². The molecule has 1 aliphatic carbocycles. The standard InChI is InChI=1S/C16H24OS/c1-2-18-11-10-15(17)12-14-8-5-7-13-6-3-4-9-16(13)14/h3-4,6,9,14-15,17H,2,5,7-8,10-12H2,1H3. The smallest absolute Gasteiger partial charge is 0.0554 e. The molecule has 100 valence electrons. The van der Waals surface area contributed by atoms with Crippen LogP contribution in [0, 0.1) is 0 Å². The van der Waals surface area contributed by atoms with Gasteiger partial charge in [0.1, 0.15) is 0 Å². The Labute approximate surface area is 115 Å². The number of aliphatic hydroxyl groups is 1. The zero-order valence-electron chi connectivity index (χ0n) is 11.3. The summed E-state index contributed by atoms with van der Waals surface area (Å²) in [5, 5.41) is 10.1. The second-order valence-corrected chi connectivity index (χ2v) is 6.56. The molecule has 0 saturated carbocycles. The maximum Gasteiger partial charge on any atom is 0.0554 e. The first-order valence-electron chi connectivity index (χ1n) is 7.15. The van der Waals surface area contributed by atoms with E-state index in [0.717, 1.165) is 24.3 Å². The van der Waals surface area contributed by atoms with Crippen molar-refractivity contribution in [3.8, 4) is 0 Å². The lowest BCUT2D eigenvalue weighted by Crippen LogP contribution is -2.17. The van der Waals surface area contributed by atoms with E-state index in [1.165, 1.54) is 30.4 Å². The van der Waals surface area contributed by atoms with Crippen LogP contribution in [0.1, 0.15) is 49.7 Å². The highest BCUT2D eigenvalue weighted by Gasteiger charge is 2.22. The Morgan fingerprint density at radius 1 is 1.39 bits per heavy atom. The van der Waals surface area contributed by atoms with Gasteiger partial charge in [-0.05, 0) is 60.7 Å². The number of fused-ring (bicyclic) bond motifs is 1. The first-order valence-corrected chi connectivity index (χ1v) is 8.30. The molecule has 2 rings (SSSR count). The Hall–Kier alpha value is -0.470. The van der Waals surface area contributed by atoms with Gasteiger partial charge in [0.2, 0.25) is 0 Å². The van der Waals surface area contributed by atoms with Gasteiger partial charge in [0.05, 0.1) is 6.10 Å². The highest BCUT2D eigenvalue weighted by Crippen LogP contribution is 2.35. The van der Waals surface area contributed by atoms with Crippen LogP contribution < -0.4 is 0 Å². The molecule has 0 saturated heterocycles. The number of rotatable bonds is 6. The van der Waals surface area contributed by atoms with Gasteiger partial charge in [0.25, 0.3) is 0 Å². The zero-order valence-corrected chi connectivity index (χ0v) is 12.1. The second-order valence-electron chi connectivity index (χ2n) is 5.16. The molecule has 0 radical (unpaired) electrons. The van der Waals surface area contributed by atoms with Crippen LogP contribution in [-0.4, -0.2) is 22.7 Å². The van der Waals surface area contributed by atoms with Crippen LogP contribution in [0.25, 0.3) is 0 Å². The van der Waals surface area contributed by atoms with E-state index in [9.17, 15) is 5.11 Å². The number of hydrogen-bond acceptors (Lipinski definition) is 2. The molecule has 0 aromatic heterocycles. The summed E-state index contributed by atoms with van der Waals surface area (Å²) < 4.78 is 0. The van der Waals surface area contributed by atoms with Crippen molar-refractivity contribution in [2.45, 2.75) is 51.0 Å². The average Bonchev–Trinajstić information content (AvgIpc) is 2.39. The van der Waals surface area contributed by atoms with Crippen LogP contribution in [0.3, 0.4) is 0 Å². The summed E-state index contributed by atoms with van der Waals surface area (Å²) in [6.45, 7) is 2.18. The van der Waals surface area contributed by atoms with Crippen molar-refractivity contribution in [3.63, 3.8) is 0 Å². The molecular formula is C16H24OS. The van der Waals surface area contributed by atoms with E-state index in [1.807, 2.05) is 11.8 Å². The number of aliphatic hydroxyl groups excluding tert-OH is 1. The number of aryl methyl sites for hydroxylation is 1. The molecular weight excluding hydrogens is 240 g/mol. The van der Waals surface area contributed by atoms with Crippen molar-refractivity contribution >= 4 is 11.8 Å². The normalized spacial score (nSPS) is 20.4. The van der Waals surface area contributed by atoms with Gasteiger partial charge < -0.3 is 5.11 Å². The Kier molecular flexibility index (Phi) is 5.58. The monoisotopic (exact) mass is 264 g/mol. The van der Waals surface area contributed by atoms with E-state index in [0.29, 0.717) is 5.92 Å². The minimum atomic E-state index is -0.125. The summed E-state index contributed by atoms with van der Waals surface area (Å²) >= 11 is 1.92. The Balaban J connectivity index is 1.90. The Morgan fingerprint density at radius 3 is 3.06 bits per heavy atom. The van der Waals surface area contributed by atoms with Crippen molar-refractivity contribution in [3.05, 3.63) is 35.4 Å². The summed E-state index contributed by atoms with van der Waals surface area (Å²) in [4.78, 5) is 0. The van der Waals surface area contributed by atoms with Gasteiger partial charge >= 0.3 is 0 Å². The lowest BCUT2D eigenvalue weighted by molar-refractivity contribution is 0.149. The number of thioether (sulfide) groups is 1. The molecule has 0 spiro atoms. The van der Waals surface area contributed by atoms with Crippen LogP contribution >= 0.6 is 11.8 Å². The maximum absolute atomic E-state index is 10.1. The van der Waals surface area contributed by atoms with Crippen molar-refractivity contribution in [2.75, 3.05) is 11.5 Å². The van der Waals surface area contributed by atoms with Gasteiger partial charge in [0.15, 0.2) is 0 Å². The lowest BCUT2D eigenvalue weighted by Gasteiger charge is -2.27. The molecule has 18 heavy (non-hydrogen) atoms. The molecule has 0 heterocycles. The average molecular weight is 264 g/mol. The van der Waals surface area contributed by atoms with Crippen LogP contribution in [0.4, 0.5) is 0 Å². The third-order valence-corrected chi connectivity index (χ3v) is 4.78. The number of hydrogen-bond donors (Lipinski definition) is 1. The highest BCUT2D eigenvalue weighted by molar-refractivity contribution is 7.99. The molecule has 1 aromatic carbocycles. The molecule has 1 aliphatic rings. The summed E-state index contributed by atoms with van der Waals surface area (Å²) in [6, 6.07) is 8.78. The van der Waals surface area contributed by atoms with Gasteiger partial charge in [-0.25, -0.2) is 0 Å². The Bertz CT molecular complexity index is 364. The summed E-state index contributed by atoms with van der Waals surface area (Å²) in [5.74, 6) is 2.82. The molecule has 2 atom stereocenters. The van der Waals surface area contributed by atoms with Crippen LogP contribution in [0.5, 0.6) is 0 Å².